The Morgan fingerprint density at radius 1 is 1.12 bits per heavy atom. The lowest BCUT2D eigenvalue weighted by molar-refractivity contribution is -0.133. The van der Waals surface area contributed by atoms with Gasteiger partial charge in [-0.1, -0.05) is 18.2 Å². The van der Waals surface area contributed by atoms with Crippen LogP contribution in [0.15, 0.2) is 24.3 Å². The van der Waals surface area contributed by atoms with Gasteiger partial charge in [0.25, 0.3) is 0 Å². The van der Waals surface area contributed by atoms with Gasteiger partial charge in [0.15, 0.2) is 0 Å². The van der Waals surface area contributed by atoms with Crippen molar-refractivity contribution < 1.29 is 4.79 Å². The van der Waals surface area contributed by atoms with E-state index in [0.717, 1.165) is 64.7 Å². The number of hydrogen-bond acceptors (Lipinski definition) is 3. The number of anilines is 1. The molecule has 4 rings (SSSR count). The Bertz CT molecular complexity index is 603. The van der Waals surface area contributed by atoms with E-state index in [2.05, 4.69) is 46.3 Å². The standard InChI is InChI=1S/C21H31N3O/c1-16-14-18-4-2-3-5-20(18)24(16)19-8-12-23(13-9-19)21(25)15-17-6-10-22-11-7-17/h2-5,16-17,19,22H,6-15H2,1H3. The number of piperidine rings is 2. The molecule has 1 aromatic rings. The number of carbonyl (C=O) groups excluding carboxylic acids is 1. The van der Waals surface area contributed by atoms with E-state index in [9.17, 15) is 4.79 Å². The maximum absolute atomic E-state index is 12.6. The minimum Gasteiger partial charge on any atom is -0.365 e. The second-order valence-corrected chi connectivity index (χ2v) is 8.10. The number of para-hydroxylation sites is 1. The summed E-state index contributed by atoms with van der Waals surface area (Å²) in [7, 11) is 0. The fraction of sp³-hybridized carbons (Fsp3) is 0.667. The van der Waals surface area contributed by atoms with Crippen molar-refractivity contribution in [3.05, 3.63) is 29.8 Å². The average Bonchev–Trinajstić information content (AvgIpc) is 2.98. The van der Waals surface area contributed by atoms with Crippen molar-refractivity contribution in [1.29, 1.82) is 0 Å². The van der Waals surface area contributed by atoms with Gasteiger partial charge in [0.1, 0.15) is 0 Å². The van der Waals surface area contributed by atoms with Crippen LogP contribution in [0.5, 0.6) is 0 Å². The highest BCUT2D eigenvalue weighted by molar-refractivity contribution is 5.76. The summed E-state index contributed by atoms with van der Waals surface area (Å²) >= 11 is 0. The van der Waals surface area contributed by atoms with Crippen LogP contribution in [0.3, 0.4) is 0 Å². The maximum atomic E-state index is 12.6. The number of nitrogens with one attached hydrogen (secondary N) is 1. The molecule has 3 aliphatic rings. The number of amides is 1. The van der Waals surface area contributed by atoms with Crippen LogP contribution in [-0.4, -0.2) is 49.1 Å². The number of fused-ring (bicyclic) bond motifs is 1. The van der Waals surface area contributed by atoms with Crippen molar-refractivity contribution in [2.45, 2.75) is 57.5 Å². The summed E-state index contributed by atoms with van der Waals surface area (Å²) < 4.78 is 0. The largest absolute Gasteiger partial charge is 0.365 e. The van der Waals surface area contributed by atoms with Crippen LogP contribution in [0.4, 0.5) is 5.69 Å². The quantitative estimate of drug-likeness (QED) is 0.918. The van der Waals surface area contributed by atoms with Crippen molar-refractivity contribution in [3.8, 4) is 0 Å². The number of likely N-dealkylation sites (tertiary alicyclic amines) is 1. The lowest BCUT2D eigenvalue weighted by Crippen LogP contribution is -2.49. The van der Waals surface area contributed by atoms with Gasteiger partial charge in [0.05, 0.1) is 0 Å². The molecule has 0 aromatic heterocycles. The van der Waals surface area contributed by atoms with Gasteiger partial charge in [-0.15, -0.1) is 0 Å². The molecular formula is C21H31N3O. The molecule has 0 bridgehead atoms. The molecule has 2 saturated heterocycles. The summed E-state index contributed by atoms with van der Waals surface area (Å²) in [5.74, 6) is 0.983. The van der Waals surface area contributed by atoms with Gasteiger partial charge in [-0.2, -0.15) is 0 Å². The lowest BCUT2D eigenvalue weighted by Gasteiger charge is -2.40. The van der Waals surface area contributed by atoms with Gasteiger partial charge in [-0.3, -0.25) is 4.79 Å². The molecule has 1 amide bonds. The van der Waals surface area contributed by atoms with Crippen LogP contribution in [-0.2, 0) is 11.2 Å². The Labute approximate surface area is 151 Å². The van der Waals surface area contributed by atoms with Gasteiger partial charge in [0.2, 0.25) is 5.91 Å². The fourth-order valence-electron chi connectivity index (χ4n) is 5.00. The van der Waals surface area contributed by atoms with Gasteiger partial charge in [-0.25, -0.2) is 0 Å². The molecule has 4 heteroatoms. The zero-order valence-corrected chi connectivity index (χ0v) is 15.4. The third-order valence-electron chi connectivity index (χ3n) is 6.39. The Morgan fingerprint density at radius 2 is 1.84 bits per heavy atom. The summed E-state index contributed by atoms with van der Waals surface area (Å²) in [6.45, 7) is 6.35. The molecule has 1 atom stereocenters. The molecule has 2 fully saturated rings. The number of carbonyl (C=O) groups is 1. The Morgan fingerprint density at radius 3 is 2.60 bits per heavy atom. The Kier molecular flexibility index (Phi) is 4.98. The molecule has 0 radical (unpaired) electrons. The van der Waals surface area contributed by atoms with Crippen molar-refractivity contribution in [1.82, 2.24) is 10.2 Å². The van der Waals surface area contributed by atoms with Crippen LogP contribution < -0.4 is 10.2 Å². The highest BCUT2D eigenvalue weighted by atomic mass is 16.2. The van der Waals surface area contributed by atoms with Crippen molar-refractivity contribution >= 4 is 11.6 Å². The highest BCUT2D eigenvalue weighted by Crippen LogP contribution is 2.36. The third kappa shape index (κ3) is 3.55. The van der Waals surface area contributed by atoms with Crippen LogP contribution in [0.25, 0.3) is 0 Å². The van der Waals surface area contributed by atoms with E-state index in [1.165, 1.54) is 11.3 Å². The minimum absolute atomic E-state index is 0.389. The first-order valence-corrected chi connectivity index (χ1v) is 10.1. The number of benzene rings is 1. The molecule has 0 aliphatic carbocycles. The van der Waals surface area contributed by atoms with E-state index in [1.807, 2.05) is 0 Å². The number of nitrogens with zero attached hydrogens (tertiary/aromatic N) is 2. The van der Waals surface area contributed by atoms with Gasteiger partial charge in [0, 0.05) is 37.3 Å². The molecule has 136 valence electrons. The molecule has 0 spiro atoms. The van der Waals surface area contributed by atoms with E-state index in [1.54, 1.807) is 0 Å². The molecule has 3 heterocycles. The summed E-state index contributed by atoms with van der Waals surface area (Å²) in [6, 6.07) is 10.0. The molecule has 4 nitrogen and oxygen atoms in total. The Hall–Kier alpha value is -1.55. The van der Waals surface area contributed by atoms with Crippen LogP contribution >= 0.6 is 0 Å². The first kappa shape index (κ1) is 16.9. The zero-order chi connectivity index (χ0) is 17.2. The van der Waals surface area contributed by atoms with Crippen molar-refractivity contribution in [2.24, 2.45) is 5.92 Å². The normalized spacial score (nSPS) is 25.2. The SMILES string of the molecule is CC1Cc2ccccc2N1C1CCN(C(=O)CC2CCNCC2)CC1. The Balaban J connectivity index is 1.33. The molecule has 3 aliphatic heterocycles. The van der Waals surface area contributed by atoms with Gasteiger partial charge >= 0.3 is 0 Å². The number of hydrogen-bond donors (Lipinski definition) is 1. The molecular weight excluding hydrogens is 310 g/mol. The van der Waals surface area contributed by atoms with E-state index in [4.69, 9.17) is 0 Å². The van der Waals surface area contributed by atoms with Gasteiger partial charge < -0.3 is 15.1 Å². The highest BCUT2D eigenvalue weighted by Gasteiger charge is 2.34. The average molecular weight is 341 g/mol. The molecule has 1 unspecified atom stereocenters. The summed E-state index contributed by atoms with van der Waals surface area (Å²) in [5, 5.41) is 3.39. The predicted molar refractivity (Wildman–Crippen MR) is 102 cm³/mol. The number of rotatable bonds is 3. The smallest absolute Gasteiger partial charge is 0.222 e. The van der Waals surface area contributed by atoms with Crippen LogP contribution in [0, 0.1) is 5.92 Å². The summed E-state index contributed by atoms with van der Waals surface area (Å²) in [5.41, 5.74) is 2.91. The van der Waals surface area contributed by atoms with Crippen molar-refractivity contribution in [2.75, 3.05) is 31.1 Å². The monoisotopic (exact) mass is 341 g/mol. The lowest BCUT2D eigenvalue weighted by atomic mass is 9.93. The topological polar surface area (TPSA) is 35.6 Å². The van der Waals surface area contributed by atoms with E-state index in [0.29, 0.717) is 23.9 Å². The van der Waals surface area contributed by atoms with E-state index >= 15 is 0 Å². The third-order valence-corrected chi connectivity index (χ3v) is 6.39. The predicted octanol–water partition coefficient (Wildman–Crippen LogP) is 2.82. The zero-order valence-electron chi connectivity index (χ0n) is 15.4. The maximum Gasteiger partial charge on any atom is 0.222 e. The summed E-state index contributed by atoms with van der Waals surface area (Å²) in [4.78, 5) is 17.4. The first-order valence-electron chi connectivity index (χ1n) is 10.1. The first-order chi connectivity index (χ1) is 12.2. The molecule has 1 aromatic carbocycles. The molecule has 0 saturated carbocycles. The summed E-state index contributed by atoms with van der Waals surface area (Å²) in [6.07, 6.45) is 6.45. The van der Waals surface area contributed by atoms with Crippen molar-refractivity contribution in [3.63, 3.8) is 0 Å². The van der Waals surface area contributed by atoms with E-state index < -0.39 is 0 Å². The second-order valence-electron chi connectivity index (χ2n) is 8.10. The van der Waals surface area contributed by atoms with Crippen LogP contribution in [0.2, 0.25) is 0 Å². The minimum atomic E-state index is 0.389. The second kappa shape index (κ2) is 7.36. The van der Waals surface area contributed by atoms with E-state index in [-0.39, 0.29) is 0 Å². The van der Waals surface area contributed by atoms with Crippen LogP contribution in [0.1, 0.15) is 44.6 Å². The fourth-order valence-corrected chi connectivity index (χ4v) is 5.00. The van der Waals surface area contributed by atoms with Gasteiger partial charge in [-0.05, 0) is 69.7 Å². The molecule has 1 N–H and O–H groups in total. The molecule has 25 heavy (non-hydrogen) atoms.